The second kappa shape index (κ2) is 7.91. The van der Waals surface area contributed by atoms with Crippen molar-refractivity contribution in [2.24, 2.45) is 0 Å². The minimum absolute atomic E-state index is 0.271. The summed E-state index contributed by atoms with van der Waals surface area (Å²) in [5.74, 6) is 0. The van der Waals surface area contributed by atoms with Gasteiger partial charge < -0.3 is 0 Å². The summed E-state index contributed by atoms with van der Waals surface area (Å²) in [6.45, 7) is 5.11. The summed E-state index contributed by atoms with van der Waals surface area (Å²) >= 11 is 0. The van der Waals surface area contributed by atoms with Crippen LogP contribution < -0.4 is 11.2 Å². The van der Waals surface area contributed by atoms with E-state index in [1.165, 1.54) is 4.57 Å². The molecule has 4 rings (SSSR count). The van der Waals surface area contributed by atoms with Gasteiger partial charge in [0, 0.05) is 13.1 Å². The van der Waals surface area contributed by atoms with Gasteiger partial charge in [-0.1, -0.05) is 60.7 Å². The lowest BCUT2D eigenvalue weighted by Gasteiger charge is -2.13. The Bertz CT molecular complexity index is 1250. The van der Waals surface area contributed by atoms with Crippen LogP contribution in [0.2, 0.25) is 0 Å². The Morgan fingerprint density at radius 2 is 1.45 bits per heavy atom. The van der Waals surface area contributed by atoms with E-state index in [4.69, 9.17) is 0 Å². The fraction of sp³-hybridized carbons (Fsp3) is 0.261. The second-order valence-corrected chi connectivity index (χ2v) is 7.15. The number of nitrogens with zero attached hydrogens (tertiary/aromatic N) is 4. The maximum absolute atomic E-state index is 13.4. The molecule has 4 aromatic rings. The summed E-state index contributed by atoms with van der Waals surface area (Å²) in [4.78, 5) is 26.6. The standard InChI is InChI=1S/C23H24N4O2/c1-3-27-21-20(17(2)24-27)26(16-19-12-8-5-9-13-19)23(29)25(22(21)28)15-14-18-10-6-4-7-11-18/h4-13H,3,14-16H2,1-2H3. The Hall–Kier alpha value is -3.41. The molecule has 2 heterocycles. The monoisotopic (exact) mass is 388 g/mol. The molecule has 0 N–H and O–H groups in total. The molecule has 6 nitrogen and oxygen atoms in total. The SMILES string of the molecule is CCn1nc(C)c2c1c(=O)n(CCc1ccccc1)c(=O)n2Cc1ccccc1. The smallest absolute Gasteiger partial charge is 0.285 e. The van der Waals surface area contributed by atoms with Crippen molar-refractivity contribution in [3.63, 3.8) is 0 Å². The first kappa shape index (κ1) is 18.9. The van der Waals surface area contributed by atoms with E-state index in [1.54, 1.807) is 9.25 Å². The number of aryl methyl sites for hydroxylation is 3. The third-order valence-corrected chi connectivity index (χ3v) is 5.23. The number of aromatic nitrogens is 4. The lowest BCUT2D eigenvalue weighted by atomic mass is 10.1. The Kier molecular flexibility index (Phi) is 5.16. The highest BCUT2D eigenvalue weighted by Crippen LogP contribution is 2.15. The van der Waals surface area contributed by atoms with Crippen molar-refractivity contribution in [2.45, 2.75) is 39.9 Å². The third-order valence-electron chi connectivity index (χ3n) is 5.23. The van der Waals surface area contributed by atoms with E-state index in [1.807, 2.05) is 74.5 Å². The topological polar surface area (TPSA) is 61.8 Å². The van der Waals surface area contributed by atoms with Crippen molar-refractivity contribution in [1.82, 2.24) is 18.9 Å². The van der Waals surface area contributed by atoms with Crippen LogP contribution in [0.25, 0.3) is 11.0 Å². The molecule has 0 aliphatic heterocycles. The number of hydrogen-bond acceptors (Lipinski definition) is 3. The summed E-state index contributed by atoms with van der Waals surface area (Å²) in [7, 11) is 0. The van der Waals surface area contributed by atoms with Gasteiger partial charge in [0.15, 0.2) is 5.52 Å². The van der Waals surface area contributed by atoms with Gasteiger partial charge in [-0.25, -0.2) is 4.79 Å². The molecule has 0 spiro atoms. The van der Waals surface area contributed by atoms with E-state index in [0.717, 1.165) is 11.1 Å². The quantitative estimate of drug-likeness (QED) is 0.510. The van der Waals surface area contributed by atoms with Gasteiger partial charge in [-0.3, -0.25) is 18.6 Å². The summed E-state index contributed by atoms with van der Waals surface area (Å²) in [5.41, 5.74) is 3.35. The second-order valence-electron chi connectivity index (χ2n) is 7.15. The number of hydrogen-bond donors (Lipinski definition) is 0. The van der Waals surface area contributed by atoms with Gasteiger partial charge in [-0.15, -0.1) is 0 Å². The van der Waals surface area contributed by atoms with Gasteiger partial charge in [-0.05, 0) is 31.4 Å². The summed E-state index contributed by atoms with van der Waals surface area (Å²) in [5, 5.41) is 4.52. The molecule has 0 bridgehead atoms. The Morgan fingerprint density at radius 1 is 0.828 bits per heavy atom. The largest absolute Gasteiger partial charge is 0.331 e. The highest BCUT2D eigenvalue weighted by atomic mass is 16.2. The Labute approximate surface area is 168 Å². The first-order chi connectivity index (χ1) is 14.1. The first-order valence-corrected chi connectivity index (χ1v) is 9.88. The van der Waals surface area contributed by atoms with Gasteiger partial charge in [0.25, 0.3) is 5.56 Å². The number of fused-ring (bicyclic) bond motifs is 1. The zero-order chi connectivity index (χ0) is 20.4. The fourth-order valence-corrected chi connectivity index (χ4v) is 3.79. The first-order valence-electron chi connectivity index (χ1n) is 9.88. The summed E-state index contributed by atoms with van der Waals surface area (Å²) in [6.07, 6.45) is 0.617. The molecular weight excluding hydrogens is 364 g/mol. The van der Waals surface area contributed by atoms with E-state index in [9.17, 15) is 9.59 Å². The molecule has 29 heavy (non-hydrogen) atoms. The van der Waals surface area contributed by atoms with Crippen molar-refractivity contribution >= 4 is 11.0 Å². The molecule has 0 fully saturated rings. The van der Waals surface area contributed by atoms with Crippen LogP contribution in [0.1, 0.15) is 23.7 Å². The molecule has 0 aliphatic carbocycles. The minimum Gasteiger partial charge on any atom is -0.285 e. The molecule has 6 heteroatoms. The maximum atomic E-state index is 13.4. The molecule has 0 aliphatic rings. The van der Waals surface area contributed by atoms with Gasteiger partial charge in [0.1, 0.15) is 0 Å². The predicted octanol–water partition coefficient (Wildman–Crippen LogP) is 2.98. The van der Waals surface area contributed by atoms with Crippen LogP contribution in [-0.4, -0.2) is 18.9 Å². The zero-order valence-corrected chi connectivity index (χ0v) is 16.7. The average molecular weight is 388 g/mol. The van der Waals surface area contributed by atoms with Crippen LogP contribution in [-0.2, 0) is 26.1 Å². The summed E-state index contributed by atoms with van der Waals surface area (Å²) < 4.78 is 4.74. The molecule has 0 saturated carbocycles. The molecule has 0 radical (unpaired) electrons. The fourth-order valence-electron chi connectivity index (χ4n) is 3.79. The van der Waals surface area contributed by atoms with Crippen LogP contribution in [0.15, 0.2) is 70.3 Å². The third kappa shape index (κ3) is 3.53. The molecular formula is C23H24N4O2. The van der Waals surface area contributed by atoms with Crippen molar-refractivity contribution in [3.8, 4) is 0 Å². The van der Waals surface area contributed by atoms with Crippen LogP contribution in [0.4, 0.5) is 0 Å². The normalized spacial score (nSPS) is 11.2. The highest BCUT2D eigenvalue weighted by Gasteiger charge is 2.20. The van der Waals surface area contributed by atoms with Crippen molar-refractivity contribution in [1.29, 1.82) is 0 Å². The highest BCUT2D eigenvalue weighted by molar-refractivity contribution is 5.77. The molecule has 0 unspecified atom stereocenters. The lowest BCUT2D eigenvalue weighted by Crippen LogP contribution is -2.41. The van der Waals surface area contributed by atoms with Gasteiger partial charge in [0.05, 0.1) is 17.8 Å². The molecule has 0 atom stereocenters. The lowest BCUT2D eigenvalue weighted by molar-refractivity contribution is 0.583. The van der Waals surface area contributed by atoms with E-state index in [-0.39, 0.29) is 11.2 Å². The predicted molar refractivity (Wildman–Crippen MR) is 114 cm³/mol. The van der Waals surface area contributed by atoms with E-state index in [0.29, 0.717) is 42.8 Å². The summed E-state index contributed by atoms with van der Waals surface area (Å²) in [6, 6.07) is 19.7. The zero-order valence-electron chi connectivity index (χ0n) is 16.7. The number of benzene rings is 2. The van der Waals surface area contributed by atoms with Crippen LogP contribution in [0.3, 0.4) is 0 Å². The molecule has 0 saturated heterocycles. The Balaban J connectivity index is 1.89. The van der Waals surface area contributed by atoms with Crippen LogP contribution >= 0.6 is 0 Å². The van der Waals surface area contributed by atoms with Crippen LogP contribution in [0, 0.1) is 6.92 Å². The molecule has 148 valence electrons. The van der Waals surface area contributed by atoms with Gasteiger partial charge in [-0.2, -0.15) is 5.10 Å². The van der Waals surface area contributed by atoms with Gasteiger partial charge >= 0.3 is 5.69 Å². The maximum Gasteiger partial charge on any atom is 0.331 e. The van der Waals surface area contributed by atoms with Crippen LogP contribution in [0.5, 0.6) is 0 Å². The van der Waals surface area contributed by atoms with E-state index >= 15 is 0 Å². The van der Waals surface area contributed by atoms with E-state index < -0.39 is 0 Å². The molecule has 2 aromatic heterocycles. The molecule has 2 aromatic carbocycles. The molecule has 0 amide bonds. The van der Waals surface area contributed by atoms with Gasteiger partial charge in [0.2, 0.25) is 0 Å². The Morgan fingerprint density at radius 3 is 2.07 bits per heavy atom. The van der Waals surface area contributed by atoms with Crippen molar-refractivity contribution in [3.05, 3.63) is 98.3 Å². The van der Waals surface area contributed by atoms with Crippen molar-refractivity contribution in [2.75, 3.05) is 0 Å². The number of rotatable bonds is 6. The van der Waals surface area contributed by atoms with E-state index in [2.05, 4.69) is 5.10 Å². The minimum atomic E-state index is -0.291. The van der Waals surface area contributed by atoms with Crippen molar-refractivity contribution < 1.29 is 0 Å². The average Bonchev–Trinajstić information content (AvgIpc) is 3.09.